The summed E-state index contributed by atoms with van der Waals surface area (Å²) in [6, 6.07) is 4.35. The Bertz CT molecular complexity index is 445. The molecular weight excluding hydrogens is 196 g/mol. The van der Waals surface area contributed by atoms with Crippen molar-refractivity contribution in [2.24, 2.45) is 0 Å². The molecule has 1 N–H and O–H groups in total. The molecule has 0 aliphatic rings. The van der Waals surface area contributed by atoms with Crippen molar-refractivity contribution in [3.63, 3.8) is 0 Å². The Balaban J connectivity index is 3.28. The molecule has 5 nitrogen and oxygen atoms in total. The van der Waals surface area contributed by atoms with E-state index in [2.05, 4.69) is 0 Å². The van der Waals surface area contributed by atoms with Gasteiger partial charge in [-0.25, -0.2) is 0 Å². The average molecular weight is 208 g/mol. The zero-order chi connectivity index (χ0) is 11.4. The van der Waals surface area contributed by atoms with Crippen LogP contribution in [0.5, 0.6) is 5.88 Å². The van der Waals surface area contributed by atoms with Gasteiger partial charge in [0.15, 0.2) is 5.88 Å². The highest BCUT2D eigenvalue weighted by Crippen LogP contribution is 2.14. The second-order valence-electron chi connectivity index (χ2n) is 2.95. The fourth-order valence-corrected chi connectivity index (χ4v) is 1.30. The normalized spacial score (nSPS) is 12.1. The molecule has 1 aromatic rings. The van der Waals surface area contributed by atoms with Gasteiger partial charge in [0, 0.05) is 6.61 Å². The van der Waals surface area contributed by atoms with Crippen molar-refractivity contribution in [3.05, 3.63) is 28.0 Å². The van der Waals surface area contributed by atoms with E-state index in [1.807, 2.05) is 0 Å². The van der Waals surface area contributed by atoms with E-state index >= 15 is 0 Å². The van der Waals surface area contributed by atoms with E-state index < -0.39 is 11.8 Å². The molecule has 0 spiro atoms. The predicted octanol–water partition coefficient (Wildman–Crippen LogP) is 0.981. The summed E-state index contributed by atoms with van der Waals surface area (Å²) >= 11 is 0. The SMILES string of the molecule is CCOC(C)n1c(O)ccc(C#N)c1=O. The lowest BCUT2D eigenvalue weighted by Crippen LogP contribution is -2.26. The first-order chi connectivity index (χ1) is 7.11. The van der Waals surface area contributed by atoms with E-state index in [-0.39, 0.29) is 11.4 Å². The van der Waals surface area contributed by atoms with Crippen molar-refractivity contribution in [1.29, 1.82) is 5.26 Å². The summed E-state index contributed by atoms with van der Waals surface area (Å²) in [6.45, 7) is 3.84. The lowest BCUT2D eigenvalue weighted by Gasteiger charge is -2.16. The molecule has 0 aromatic carbocycles. The maximum absolute atomic E-state index is 11.6. The monoisotopic (exact) mass is 208 g/mol. The van der Waals surface area contributed by atoms with Gasteiger partial charge in [-0.15, -0.1) is 0 Å². The van der Waals surface area contributed by atoms with Crippen molar-refractivity contribution in [3.8, 4) is 11.9 Å². The number of pyridine rings is 1. The van der Waals surface area contributed by atoms with Gasteiger partial charge in [0.1, 0.15) is 17.9 Å². The Morgan fingerprint density at radius 2 is 2.33 bits per heavy atom. The predicted molar refractivity (Wildman–Crippen MR) is 53.4 cm³/mol. The van der Waals surface area contributed by atoms with E-state index in [0.29, 0.717) is 6.61 Å². The van der Waals surface area contributed by atoms with E-state index in [1.54, 1.807) is 19.9 Å². The molecule has 0 fully saturated rings. The number of nitrogens with zero attached hydrogens (tertiary/aromatic N) is 2. The highest BCUT2D eigenvalue weighted by molar-refractivity contribution is 5.29. The van der Waals surface area contributed by atoms with Crippen LogP contribution in [0.15, 0.2) is 16.9 Å². The summed E-state index contributed by atoms with van der Waals surface area (Å²) in [5.74, 6) is -0.208. The Kier molecular flexibility index (Phi) is 3.47. The fourth-order valence-electron chi connectivity index (χ4n) is 1.30. The second-order valence-corrected chi connectivity index (χ2v) is 2.95. The molecule has 15 heavy (non-hydrogen) atoms. The highest BCUT2D eigenvalue weighted by Gasteiger charge is 2.13. The van der Waals surface area contributed by atoms with Gasteiger partial charge in [0.05, 0.1) is 0 Å². The van der Waals surface area contributed by atoms with E-state index in [0.717, 1.165) is 4.57 Å². The molecule has 0 amide bonds. The van der Waals surface area contributed by atoms with Crippen LogP contribution in [0.2, 0.25) is 0 Å². The molecule has 0 aliphatic heterocycles. The van der Waals surface area contributed by atoms with Crippen LogP contribution in [0.25, 0.3) is 0 Å². The Hall–Kier alpha value is -1.80. The van der Waals surface area contributed by atoms with Crippen LogP contribution in [0.1, 0.15) is 25.6 Å². The molecule has 0 saturated heterocycles. The largest absolute Gasteiger partial charge is 0.494 e. The number of ether oxygens (including phenoxy) is 1. The van der Waals surface area contributed by atoms with Gasteiger partial charge in [-0.2, -0.15) is 5.26 Å². The van der Waals surface area contributed by atoms with Crippen molar-refractivity contribution < 1.29 is 9.84 Å². The summed E-state index contributed by atoms with van der Waals surface area (Å²) in [7, 11) is 0. The molecule has 0 radical (unpaired) electrons. The van der Waals surface area contributed by atoms with Crippen LogP contribution in [0.4, 0.5) is 0 Å². The Labute approximate surface area is 87.1 Å². The number of aromatic nitrogens is 1. The Morgan fingerprint density at radius 1 is 1.67 bits per heavy atom. The molecule has 1 rings (SSSR count). The molecular formula is C10H12N2O3. The van der Waals surface area contributed by atoms with Crippen LogP contribution >= 0.6 is 0 Å². The summed E-state index contributed by atoms with van der Waals surface area (Å²) in [5.41, 5.74) is -0.558. The quantitative estimate of drug-likeness (QED) is 0.803. The van der Waals surface area contributed by atoms with Gasteiger partial charge < -0.3 is 9.84 Å². The van der Waals surface area contributed by atoms with Crippen molar-refractivity contribution in [2.45, 2.75) is 20.1 Å². The van der Waals surface area contributed by atoms with Crippen molar-refractivity contribution >= 4 is 0 Å². The van der Waals surface area contributed by atoms with Crippen molar-refractivity contribution in [1.82, 2.24) is 4.57 Å². The molecule has 0 aliphatic carbocycles. The molecule has 0 bridgehead atoms. The van der Waals surface area contributed by atoms with Gasteiger partial charge in [-0.1, -0.05) is 0 Å². The highest BCUT2D eigenvalue weighted by atomic mass is 16.5. The van der Waals surface area contributed by atoms with Gasteiger partial charge >= 0.3 is 0 Å². The second kappa shape index (κ2) is 4.62. The molecule has 0 saturated carbocycles. The lowest BCUT2D eigenvalue weighted by molar-refractivity contribution is 0.0172. The summed E-state index contributed by atoms with van der Waals surface area (Å²) in [6.07, 6.45) is -0.587. The van der Waals surface area contributed by atoms with Crippen LogP contribution < -0.4 is 5.56 Å². The number of hydrogen-bond acceptors (Lipinski definition) is 4. The molecule has 1 heterocycles. The zero-order valence-electron chi connectivity index (χ0n) is 8.60. The summed E-state index contributed by atoms with van der Waals surface area (Å²) < 4.78 is 6.23. The van der Waals surface area contributed by atoms with E-state index in [1.165, 1.54) is 12.1 Å². The lowest BCUT2D eigenvalue weighted by atomic mass is 10.3. The first-order valence-electron chi connectivity index (χ1n) is 4.58. The third-order valence-corrected chi connectivity index (χ3v) is 1.99. The minimum atomic E-state index is -0.587. The van der Waals surface area contributed by atoms with Gasteiger partial charge in [0.2, 0.25) is 0 Å². The minimum Gasteiger partial charge on any atom is -0.494 e. The Morgan fingerprint density at radius 3 is 2.87 bits per heavy atom. The average Bonchev–Trinajstić information content (AvgIpc) is 2.18. The fraction of sp³-hybridized carbons (Fsp3) is 0.400. The van der Waals surface area contributed by atoms with Crippen molar-refractivity contribution in [2.75, 3.05) is 6.61 Å². The van der Waals surface area contributed by atoms with Gasteiger partial charge in [0.25, 0.3) is 5.56 Å². The molecule has 5 heteroatoms. The molecule has 1 unspecified atom stereocenters. The van der Waals surface area contributed by atoms with Crippen LogP contribution in [-0.2, 0) is 4.74 Å². The smallest absolute Gasteiger partial charge is 0.273 e. The number of rotatable bonds is 3. The summed E-state index contributed by atoms with van der Waals surface area (Å²) in [4.78, 5) is 11.6. The maximum Gasteiger partial charge on any atom is 0.273 e. The zero-order valence-corrected chi connectivity index (χ0v) is 8.60. The van der Waals surface area contributed by atoms with E-state index in [9.17, 15) is 9.90 Å². The van der Waals surface area contributed by atoms with E-state index in [4.69, 9.17) is 10.00 Å². The molecule has 80 valence electrons. The summed E-state index contributed by atoms with van der Waals surface area (Å²) in [5, 5.41) is 18.1. The number of aromatic hydroxyl groups is 1. The van der Waals surface area contributed by atoms with Gasteiger partial charge in [-0.3, -0.25) is 9.36 Å². The first kappa shape index (κ1) is 11.3. The number of nitriles is 1. The first-order valence-corrected chi connectivity index (χ1v) is 4.58. The third kappa shape index (κ3) is 2.17. The van der Waals surface area contributed by atoms with Gasteiger partial charge in [-0.05, 0) is 26.0 Å². The standard InChI is InChI=1S/C10H12N2O3/c1-3-15-7(2)12-9(13)5-4-8(6-11)10(12)14/h4-5,7,13H,3H2,1-2H3. The third-order valence-electron chi connectivity index (χ3n) is 1.99. The van der Waals surface area contributed by atoms with Crippen LogP contribution in [0.3, 0.4) is 0 Å². The topological polar surface area (TPSA) is 75.2 Å². The van der Waals surface area contributed by atoms with Crippen LogP contribution in [0, 0.1) is 11.3 Å². The van der Waals surface area contributed by atoms with Crippen LogP contribution in [-0.4, -0.2) is 16.3 Å². The molecule has 1 atom stereocenters. The minimum absolute atomic E-state index is 0.0145. The number of hydrogen-bond donors (Lipinski definition) is 1. The molecule has 1 aromatic heterocycles. The maximum atomic E-state index is 11.6.